The Bertz CT molecular complexity index is 148. The van der Waals surface area contributed by atoms with Crippen LogP contribution in [0, 0.1) is 0 Å². The Hall–Kier alpha value is -0.110. The van der Waals surface area contributed by atoms with E-state index in [1.165, 1.54) is 12.8 Å². The average molecular weight is 143 g/mol. The molecule has 2 heteroatoms. The quantitative estimate of drug-likeness (QED) is 0.497. The van der Waals surface area contributed by atoms with E-state index in [2.05, 4.69) is 11.8 Å². The second kappa shape index (κ2) is 1.94. The van der Waals surface area contributed by atoms with Crippen LogP contribution in [-0.4, -0.2) is 29.7 Å². The molecule has 58 valence electrons. The SMILES string of the molecule is C[C@]12CCCN1C[C@@H](F)C2. The van der Waals surface area contributed by atoms with Crippen LogP contribution < -0.4 is 0 Å². The highest BCUT2D eigenvalue weighted by Gasteiger charge is 2.44. The molecule has 1 nitrogen and oxygen atoms in total. The standard InChI is InChI=1S/C8H14FN/c1-8-3-2-4-10(8)6-7(9)5-8/h7H,2-6H2,1H3/t7-,8+/m0/s1. The smallest absolute Gasteiger partial charge is 0.115 e. The van der Waals surface area contributed by atoms with Crippen molar-refractivity contribution in [2.45, 2.75) is 37.9 Å². The minimum atomic E-state index is -0.551. The van der Waals surface area contributed by atoms with E-state index in [1.54, 1.807) is 0 Å². The summed E-state index contributed by atoms with van der Waals surface area (Å²) >= 11 is 0. The molecule has 0 N–H and O–H groups in total. The van der Waals surface area contributed by atoms with Crippen molar-refractivity contribution >= 4 is 0 Å². The molecule has 2 rings (SSSR count). The first-order valence-electron chi connectivity index (χ1n) is 4.10. The molecule has 0 radical (unpaired) electrons. The molecule has 0 aromatic rings. The molecule has 0 aliphatic carbocycles. The van der Waals surface area contributed by atoms with Crippen LogP contribution >= 0.6 is 0 Å². The molecule has 10 heavy (non-hydrogen) atoms. The van der Waals surface area contributed by atoms with Gasteiger partial charge in [0, 0.05) is 12.1 Å². The molecule has 0 unspecified atom stereocenters. The number of halogens is 1. The van der Waals surface area contributed by atoms with Crippen molar-refractivity contribution in [3.05, 3.63) is 0 Å². The van der Waals surface area contributed by atoms with Gasteiger partial charge in [0.2, 0.25) is 0 Å². The fraction of sp³-hybridized carbons (Fsp3) is 1.00. The maximum atomic E-state index is 12.8. The van der Waals surface area contributed by atoms with E-state index in [4.69, 9.17) is 0 Å². The van der Waals surface area contributed by atoms with Gasteiger partial charge in [0.25, 0.3) is 0 Å². The Kier molecular flexibility index (Phi) is 1.28. The molecule has 0 aromatic carbocycles. The first-order chi connectivity index (χ1) is 4.71. The van der Waals surface area contributed by atoms with Gasteiger partial charge >= 0.3 is 0 Å². The van der Waals surface area contributed by atoms with Crippen LogP contribution in [0.3, 0.4) is 0 Å². The number of hydrogen-bond donors (Lipinski definition) is 0. The van der Waals surface area contributed by atoms with Gasteiger partial charge in [0.1, 0.15) is 6.17 Å². The Morgan fingerprint density at radius 3 is 3.10 bits per heavy atom. The topological polar surface area (TPSA) is 3.24 Å². The van der Waals surface area contributed by atoms with Crippen LogP contribution in [0.5, 0.6) is 0 Å². The monoisotopic (exact) mass is 143 g/mol. The lowest BCUT2D eigenvalue weighted by Crippen LogP contribution is -2.34. The lowest BCUT2D eigenvalue weighted by molar-refractivity contribution is 0.217. The number of rotatable bonds is 0. The van der Waals surface area contributed by atoms with E-state index in [0.717, 1.165) is 13.0 Å². The third-order valence-electron chi connectivity index (χ3n) is 2.99. The van der Waals surface area contributed by atoms with Crippen LogP contribution in [0.25, 0.3) is 0 Å². The fourth-order valence-corrected chi connectivity index (χ4v) is 2.40. The normalized spacial score (nSPS) is 48.0. The second-order valence-corrected chi connectivity index (χ2v) is 3.85. The summed E-state index contributed by atoms with van der Waals surface area (Å²) < 4.78 is 12.8. The van der Waals surface area contributed by atoms with Crippen LogP contribution in [0.4, 0.5) is 4.39 Å². The lowest BCUT2D eigenvalue weighted by atomic mass is 9.97. The van der Waals surface area contributed by atoms with Gasteiger partial charge in [0.15, 0.2) is 0 Å². The molecular weight excluding hydrogens is 129 g/mol. The van der Waals surface area contributed by atoms with E-state index < -0.39 is 6.17 Å². The van der Waals surface area contributed by atoms with Crippen LogP contribution in [0.1, 0.15) is 26.2 Å². The van der Waals surface area contributed by atoms with Crippen LogP contribution in [-0.2, 0) is 0 Å². The maximum Gasteiger partial charge on any atom is 0.115 e. The molecular formula is C8H14FN. The molecule has 2 atom stereocenters. The molecule has 2 aliphatic heterocycles. The van der Waals surface area contributed by atoms with Gasteiger partial charge in [-0.2, -0.15) is 0 Å². The Morgan fingerprint density at radius 2 is 2.40 bits per heavy atom. The largest absolute Gasteiger partial charge is 0.295 e. The second-order valence-electron chi connectivity index (χ2n) is 3.85. The van der Waals surface area contributed by atoms with E-state index in [1.807, 2.05) is 0 Å². The zero-order chi connectivity index (χ0) is 7.19. The van der Waals surface area contributed by atoms with Gasteiger partial charge in [0.05, 0.1) is 0 Å². The molecule has 0 spiro atoms. The lowest BCUT2D eigenvalue weighted by Gasteiger charge is -2.25. The molecule has 2 fully saturated rings. The molecule has 0 saturated carbocycles. The summed E-state index contributed by atoms with van der Waals surface area (Å²) in [6.07, 6.45) is 2.69. The van der Waals surface area contributed by atoms with Gasteiger partial charge in [-0.3, -0.25) is 4.90 Å². The minimum absolute atomic E-state index is 0.236. The fourth-order valence-electron chi connectivity index (χ4n) is 2.40. The Labute approximate surface area is 61.2 Å². The Morgan fingerprint density at radius 1 is 1.60 bits per heavy atom. The maximum absolute atomic E-state index is 12.8. The Balaban J connectivity index is 2.15. The van der Waals surface area contributed by atoms with E-state index in [0.29, 0.717) is 6.54 Å². The van der Waals surface area contributed by atoms with Gasteiger partial charge in [-0.05, 0) is 32.7 Å². The molecule has 0 amide bonds. The first-order valence-corrected chi connectivity index (χ1v) is 4.10. The predicted molar refractivity (Wildman–Crippen MR) is 38.7 cm³/mol. The third kappa shape index (κ3) is 0.782. The summed E-state index contributed by atoms with van der Waals surface area (Å²) in [6.45, 7) is 4.01. The summed E-state index contributed by atoms with van der Waals surface area (Å²) in [6, 6.07) is 0. The minimum Gasteiger partial charge on any atom is -0.295 e. The molecule has 0 bridgehead atoms. The van der Waals surface area contributed by atoms with Crippen molar-refractivity contribution in [3.63, 3.8) is 0 Å². The number of fused-ring (bicyclic) bond motifs is 1. The summed E-state index contributed by atoms with van der Waals surface area (Å²) in [5.41, 5.74) is 0.236. The molecule has 0 aromatic heterocycles. The molecule has 2 aliphatic rings. The van der Waals surface area contributed by atoms with Crippen molar-refractivity contribution < 1.29 is 4.39 Å². The first kappa shape index (κ1) is 6.59. The number of nitrogens with zero attached hydrogens (tertiary/aromatic N) is 1. The zero-order valence-electron chi connectivity index (χ0n) is 6.44. The molecule has 2 saturated heterocycles. The highest BCUT2D eigenvalue weighted by atomic mass is 19.1. The highest BCUT2D eigenvalue weighted by Crippen LogP contribution is 2.39. The summed E-state index contributed by atoms with van der Waals surface area (Å²) in [7, 11) is 0. The highest BCUT2D eigenvalue weighted by molar-refractivity contribution is 5.00. The number of hydrogen-bond acceptors (Lipinski definition) is 1. The van der Waals surface area contributed by atoms with Crippen LogP contribution in [0.15, 0.2) is 0 Å². The van der Waals surface area contributed by atoms with E-state index in [9.17, 15) is 4.39 Å². The average Bonchev–Trinajstić information content (AvgIpc) is 2.20. The van der Waals surface area contributed by atoms with Crippen molar-refractivity contribution in [1.29, 1.82) is 0 Å². The van der Waals surface area contributed by atoms with Crippen molar-refractivity contribution in [1.82, 2.24) is 4.90 Å². The van der Waals surface area contributed by atoms with Crippen molar-refractivity contribution in [2.24, 2.45) is 0 Å². The summed E-state index contributed by atoms with van der Waals surface area (Å²) in [5.74, 6) is 0. The number of alkyl halides is 1. The predicted octanol–water partition coefficient (Wildman–Crippen LogP) is 1.58. The molecule has 2 heterocycles. The van der Waals surface area contributed by atoms with E-state index >= 15 is 0 Å². The van der Waals surface area contributed by atoms with E-state index in [-0.39, 0.29) is 5.54 Å². The zero-order valence-corrected chi connectivity index (χ0v) is 6.44. The third-order valence-corrected chi connectivity index (χ3v) is 2.99. The van der Waals surface area contributed by atoms with Gasteiger partial charge in [-0.25, -0.2) is 4.39 Å². The summed E-state index contributed by atoms with van der Waals surface area (Å²) in [5, 5.41) is 0. The van der Waals surface area contributed by atoms with Gasteiger partial charge in [-0.1, -0.05) is 0 Å². The van der Waals surface area contributed by atoms with Crippen molar-refractivity contribution in [2.75, 3.05) is 13.1 Å². The van der Waals surface area contributed by atoms with Gasteiger partial charge < -0.3 is 0 Å². The van der Waals surface area contributed by atoms with Crippen LogP contribution in [0.2, 0.25) is 0 Å². The summed E-state index contributed by atoms with van der Waals surface area (Å²) in [4.78, 5) is 2.30. The van der Waals surface area contributed by atoms with Crippen molar-refractivity contribution in [3.8, 4) is 0 Å². The van der Waals surface area contributed by atoms with Gasteiger partial charge in [-0.15, -0.1) is 0 Å².